The topological polar surface area (TPSA) is 29.1 Å². The highest BCUT2D eigenvalue weighted by atomic mass is 35.5. The van der Waals surface area contributed by atoms with Gasteiger partial charge in [0, 0.05) is 0 Å². The molecule has 102 valence electrons. The Bertz CT molecular complexity index is 627. The van der Waals surface area contributed by atoms with E-state index in [0.717, 1.165) is 29.7 Å². The van der Waals surface area contributed by atoms with E-state index >= 15 is 0 Å². The highest BCUT2D eigenvalue weighted by Crippen LogP contribution is 2.49. The number of para-hydroxylation sites is 1. The lowest BCUT2D eigenvalue weighted by Gasteiger charge is -2.17. The quantitative estimate of drug-likeness (QED) is 0.894. The number of benzene rings is 2. The van der Waals surface area contributed by atoms with Crippen LogP contribution in [-0.4, -0.2) is 5.91 Å². The van der Waals surface area contributed by atoms with Crippen LogP contribution in [-0.2, 0) is 10.2 Å². The summed E-state index contributed by atoms with van der Waals surface area (Å²) in [5.41, 5.74) is 2.42. The number of halogens is 1. The Labute approximate surface area is 123 Å². The fraction of sp³-hybridized carbons (Fsp3) is 0.235. The summed E-state index contributed by atoms with van der Waals surface area (Å²) < 4.78 is 0. The minimum Gasteiger partial charge on any atom is -0.324 e. The van der Waals surface area contributed by atoms with Gasteiger partial charge in [0.25, 0.3) is 0 Å². The molecule has 3 heteroatoms. The number of nitrogens with one attached hydrogen (secondary N) is 1. The molecule has 2 nitrogen and oxygen atoms in total. The summed E-state index contributed by atoms with van der Waals surface area (Å²) in [6.45, 7) is 1.95. The molecule has 0 aromatic heterocycles. The van der Waals surface area contributed by atoms with Crippen molar-refractivity contribution in [3.63, 3.8) is 0 Å². The first-order chi connectivity index (χ1) is 9.63. The molecule has 0 spiro atoms. The van der Waals surface area contributed by atoms with E-state index < -0.39 is 0 Å². The monoisotopic (exact) mass is 285 g/mol. The summed E-state index contributed by atoms with van der Waals surface area (Å²) in [5, 5.41) is 3.59. The molecule has 20 heavy (non-hydrogen) atoms. The largest absolute Gasteiger partial charge is 0.324 e. The van der Waals surface area contributed by atoms with Gasteiger partial charge in [-0.3, -0.25) is 4.79 Å². The van der Waals surface area contributed by atoms with Crippen molar-refractivity contribution in [2.75, 3.05) is 5.32 Å². The van der Waals surface area contributed by atoms with E-state index in [0.29, 0.717) is 5.02 Å². The van der Waals surface area contributed by atoms with Crippen molar-refractivity contribution in [3.05, 3.63) is 64.7 Å². The van der Waals surface area contributed by atoms with Gasteiger partial charge in [0.15, 0.2) is 0 Å². The molecule has 0 bridgehead atoms. The molecule has 1 amide bonds. The number of carbonyl (C=O) groups excluding carboxylic acids is 1. The number of amides is 1. The van der Waals surface area contributed by atoms with Gasteiger partial charge in [-0.25, -0.2) is 0 Å². The van der Waals surface area contributed by atoms with Crippen molar-refractivity contribution in [1.29, 1.82) is 0 Å². The van der Waals surface area contributed by atoms with Gasteiger partial charge in [-0.1, -0.05) is 54.1 Å². The zero-order valence-corrected chi connectivity index (χ0v) is 12.1. The predicted octanol–water partition coefficient (Wildman–Crippen LogP) is 4.32. The lowest BCUT2D eigenvalue weighted by molar-refractivity contribution is -0.118. The lowest BCUT2D eigenvalue weighted by Crippen LogP contribution is -2.28. The van der Waals surface area contributed by atoms with E-state index in [1.165, 1.54) is 0 Å². The molecule has 0 saturated heterocycles. The standard InChI is InChI=1S/C17H16ClNO/c1-12-6-5-9-14(18)15(12)19-16(20)17(10-11-17)13-7-3-2-4-8-13/h2-9H,10-11H2,1H3,(H,19,20). The molecule has 1 fully saturated rings. The molecule has 0 heterocycles. The summed E-state index contributed by atoms with van der Waals surface area (Å²) in [7, 11) is 0. The van der Waals surface area contributed by atoms with Gasteiger partial charge in [0.05, 0.1) is 16.1 Å². The van der Waals surface area contributed by atoms with Crippen LogP contribution in [0.5, 0.6) is 0 Å². The number of carbonyl (C=O) groups is 1. The van der Waals surface area contributed by atoms with E-state index in [-0.39, 0.29) is 11.3 Å². The second-order valence-electron chi connectivity index (χ2n) is 5.33. The molecule has 1 N–H and O–H groups in total. The first kappa shape index (κ1) is 13.2. The Morgan fingerprint density at radius 3 is 2.40 bits per heavy atom. The minimum atomic E-state index is -0.368. The zero-order valence-electron chi connectivity index (χ0n) is 11.3. The van der Waals surface area contributed by atoms with E-state index in [9.17, 15) is 4.79 Å². The van der Waals surface area contributed by atoms with E-state index in [4.69, 9.17) is 11.6 Å². The third-order valence-corrected chi connectivity index (χ3v) is 4.29. The minimum absolute atomic E-state index is 0.0416. The molecular weight excluding hydrogens is 270 g/mol. The van der Waals surface area contributed by atoms with Crippen LogP contribution in [0.1, 0.15) is 24.0 Å². The summed E-state index contributed by atoms with van der Waals surface area (Å²) in [4.78, 5) is 12.6. The fourth-order valence-corrected chi connectivity index (χ4v) is 2.82. The molecule has 3 rings (SSSR count). The van der Waals surface area contributed by atoms with Gasteiger partial charge in [-0.2, -0.15) is 0 Å². The van der Waals surface area contributed by atoms with Gasteiger partial charge in [-0.05, 0) is 37.0 Å². The first-order valence-electron chi connectivity index (χ1n) is 6.75. The number of aryl methyl sites for hydroxylation is 1. The number of hydrogen-bond donors (Lipinski definition) is 1. The van der Waals surface area contributed by atoms with Crippen molar-refractivity contribution in [2.45, 2.75) is 25.2 Å². The van der Waals surface area contributed by atoms with Gasteiger partial charge in [0.2, 0.25) is 5.91 Å². The average Bonchev–Trinajstić information content (AvgIpc) is 3.25. The third-order valence-electron chi connectivity index (χ3n) is 3.97. The molecule has 0 aliphatic heterocycles. The zero-order chi connectivity index (χ0) is 14.2. The van der Waals surface area contributed by atoms with Gasteiger partial charge in [-0.15, -0.1) is 0 Å². The van der Waals surface area contributed by atoms with Crippen molar-refractivity contribution < 1.29 is 4.79 Å². The van der Waals surface area contributed by atoms with Crippen LogP contribution in [0.25, 0.3) is 0 Å². The Morgan fingerprint density at radius 1 is 1.10 bits per heavy atom. The Balaban J connectivity index is 1.88. The molecule has 0 atom stereocenters. The van der Waals surface area contributed by atoms with Crippen LogP contribution >= 0.6 is 11.6 Å². The van der Waals surface area contributed by atoms with Crippen LogP contribution in [0, 0.1) is 6.92 Å². The number of rotatable bonds is 3. The van der Waals surface area contributed by atoms with Gasteiger partial charge < -0.3 is 5.32 Å². The number of hydrogen-bond acceptors (Lipinski definition) is 1. The Hall–Kier alpha value is -1.80. The van der Waals surface area contributed by atoms with Crippen molar-refractivity contribution >= 4 is 23.2 Å². The normalized spacial score (nSPS) is 15.7. The number of anilines is 1. The smallest absolute Gasteiger partial charge is 0.235 e. The lowest BCUT2D eigenvalue weighted by atomic mass is 9.95. The Kier molecular flexibility index (Phi) is 3.27. The third kappa shape index (κ3) is 2.20. The second-order valence-corrected chi connectivity index (χ2v) is 5.74. The summed E-state index contributed by atoms with van der Waals surface area (Å²) in [6, 6.07) is 15.6. The first-order valence-corrected chi connectivity index (χ1v) is 7.13. The molecule has 2 aromatic carbocycles. The molecule has 0 radical (unpaired) electrons. The van der Waals surface area contributed by atoms with Crippen molar-refractivity contribution in [3.8, 4) is 0 Å². The van der Waals surface area contributed by atoms with Crippen molar-refractivity contribution in [1.82, 2.24) is 0 Å². The van der Waals surface area contributed by atoms with Crippen LogP contribution in [0.3, 0.4) is 0 Å². The van der Waals surface area contributed by atoms with Gasteiger partial charge >= 0.3 is 0 Å². The summed E-state index contributed by atoms with van der Waals surface area (Å²) in [6.07, 6.45) is 1.79. The van der Waals surface area contributed by atoms with Crippen LogP contribution in [0.2, 0.25) is 5.02 Å². The predicted molar refractivity (Wildman–Crippen MR) is 82.2 cm³/mol. The Morgan fingerprint density at radius 2 is 1.80 bits per heavy atom. The van der Waals surface area contributed by atoms with E-state index in [1.54, 1.807) is 6.07 Å². The molecule has 1 aliphatic carbocycles. The summed E-state index contributed by atoms with van der Waals surface area (Å²) in [5.74, 6) is 0.0416. The second kappa shape index (κ2) is 4.95. The molecule has 1 saturated carbocycles. The fourth-order valence-electron chi connectivity index (χ4n) is 2.55. The maximum absolute atomic E-state index is 12.6. The molecular formula is C17H16ClNO. The highest BCUT2D eigenvalue weighted by molar-refractivity contribution is 6.34. The van der Waals surface area contributed by atoms with E-state index in [2.05, 4.69) is 5.32 Å². The van der Waals surface area contributed by atoms with E-state index in [1.807, 2.05) is 49.4 Å². The molecule has 0 unspecified atom stereocenters. The van der Waals surface area contributed by atoms with Gasteiger partial charge in [0.1, 0.15) is 0 Å². The highest BCUT2D eigenvalue weighted by Gasteiger charge is 2.51. The summed E-state index contributed by atoms with van der Waals surface area (Å²) >= 11 is 6.18. The van der Waals surface area contributed by atoms with Crippen LogP contribution in [0.15, 0.2) is 48.5 Å². The maximum atomic E-state index is 12.6. The van der Waals surface area contributed by atoms with Crippen LogP contribution in [0.4, 0.5) is 5.69 Å². The maximum Gasteiger partial charge on any atom is 0.235 e. The van der Waals surface area contributed by atoms with Crippen LogP contribution < -0.4 is 5.32 Å². The average molecular weight is 286 g/mol. The molecule has 1 aliphatic rings. The van der Waals surface area contributed by atoms with Crippen molar-refractivity contribution in [2.24, 2.45) is 0 Å². The molecule has 2 aromatic rings. The SMILES string of the molecule is Cc1cccc(Cl)c1NC(=O)C1(c2ccccc2)CC1.